The predicted molar refractivity (Wildman–Crippen MR) is 110 cm³/mol. The molecule has 1 atom stereocenters. The van der Waals surface area contributed by atoms with Gasteiger partial charge in [-0.2, -0.15) is 4.98 Å². The van der Waals surface area contributed by atoms with Crippen LogP contribution in [0.15, 0.2) is 6.07 Å². The average Bonchev–Trinajstić information content (AvgIpc) is 3.47. The van der Waals surface area contributed by atoms with E-state index in [1.165, 1.54) is 4.57 Å². The summed E-state index contributed by atoms with van der Waals surface area (Å²) in [6, 6.07) is 1.25. The highest BCUT2D eigenvalue weighted by atomic mass is 19.1. The Kier molecular flexibility index (Phi) is 6.31. The van der Waals surface area contributed by atoms with E-state index in [9.17, 15) is 13.6 Å². The summed E-state index contributed by atoms with van der Waals surface area (Å²) in [5, 5.41) is 0. The summed E-state index contributed by atoms with van der Waals surface area (Å²) in [5.41, 5.74) is 5.20. The van der Waals surface area contributed by atoms with Crippen LogP contribution in [-0.4, -0.2) is 40.4 Å². The Morgan fingerprint density at radius 3 is 2.42 bits per heavy atom. The van der Waals surface area contributed by atoms with Gasteiger partial charge in [-0.1, -0.05) is 6.92 Å². The van der Waals surface area contributed by atoms with Crippen molar-refractivity contribution >= 4 is 16.9 Å². The van der Waals surface area contributed by atoms with Gasteiger partial charge in [0, 0.05) is 26.1 Å². The first-order chi connectivity index (χ1) is 14.8. The van der Waals surface area contributed by atoms with Crippen LogP contribution in [0.4, 0.5) is 8.78 Å². The van der Waals surface area contributed by atoms with E-state index < -0.39 is 11.6 Å². The van der Waals surface area contributed by atoms with E-state index in [-0.39, 0.29) is 52.9 Å². The van der Waals surface area contributed by atoms with Crippen LogP contribution in [0.5, 0.6) is 11.8 Å². The number of ether oxygens (including phenoxy) is 3. The largest absolute Gasteiger partial charge is 0.487 e. The maximum Gasteiger partial charge on any atom is 0.297 e. The minimum Gasteiger partial charge on any atom is -0.487 e. The Bertz CT molecular complexity index is 952. The minimum absolute atomic E-state index is 0.0357. The highest BCUT2D eigenvalue weighted by molar-refractivity contribution is 5.80. The molecule has 0 aliphatic heterocycles. The first-order valence-corrected chi connectivity index (χ1v) is 10.9. The van der Waals surface area contributed by atoms with Crippen LogP contribution < -0.4 is 15.2 Å². The first-order valence-electron chi connectivity index (χ1n) is 10.9. The molecule has 9 heteroatoms. The van der Waals surface area contributed by atoms with Crippen LogP contribution in [-0.2, 0) is 16.6 Å². The summed E-state index contributed by atoms with van der Waals surface area (Å²) in [4.78, 5) is 15.2. The molecule has 4 rings (SSSR count). The Hall–Kier alpha value is -2.42. The number of imidazole rings is 1. The zero-order valence-corrected chi connectivity index (χ0v) is 17.9. The van der Waals surface area contributed by atoms with Gasteiger partial charge in [-0.05, 0) is 44.4 Å². The van der Waals surface area contributed by atoms with Gasteiger partial charge >= 0.3 is 0 Å². The quantitative estimate of drug-likeness (QED) is 0.647. The van der Waals surface area contributed by atoms with Crippen molar-refractivity contribution in [2.75, 3.05) is 6.61 Å². The molecule has 31 heavy (non-hydrogen) atoms. The number of amides is 1. The Labute approximate surface area is 179 Å². The van der Waals surface area contributed by atoms with Crippen LogP contribution >= 0.6 is 0 Å². The number of aryl methyl sites for hydroxylation is 1. The van der Waals surface area contributed by atoms with E-state index in [0.29, 0.717) is 13.0 Å². The second kappa shape index (κ2) is 8.98. The number of hydrogen-bond acceptors (Lipinski definition) is 5. The van der Waals surface area contributed by atoms with Crippen molar-refractivity contribution in [2.24, 2.45) is 18.7 Å². The fraction of sp³-hybridized carbons (Fsp3) is 0.636. The second-order valence-corrected chi connectivity index (χ2v) is 8.76. The van der Waals surface area contributed by atoms with Gasteiger partial charge in [0.15, 0.2) is 17.4 Å². The zero-order valence-electron chi connectivity index (χ0n) is 17.9. The highest BCUT2D eigenvalue weighted by Gasteiger charge is 2.29. The van der Waals surface area contributed by atoms with Gasteiger partial charge in [-0.15, -0.1) is 0 Å². The van der Waals surface area contributed by atoms with E-state index in [1.54, 1.807) is 7.05 Å². The van der Waals surface area contributed by atoms with Crippen molar-refractivity contribution in [1.82, 2.24) is 9.55 Å². The molecule has 0 saturated heterocycles. The summed E-state index contributed by atoms with van der Waals surface area (Å²) >= 11 is 0. The maximum absolute atomic E-state index is 14.9. The Morgan fingerprint density at radius 1 is 1.16 bits per heavy atom. The van der Waals surface area contributed by atoms with Crippen molar-refractivity contribution in [3.63, 3.8) is 0 Å². The molecule has 1 aromatic heterocycles. The standard InChI is InChI=1S/C22H29F2N3O4/c1-12(9-18(25)28)11-29-13-3-5-15(6-4-13)31-22-26-20-16(23)10-17(30-14-7-8-14)19(24)21(20)27(22)2/h10,12-15H,3-9,11H2,1-2H3,(H2,25,28)/t12-,13?,15?/m1/s1. The fourth-order valence-corrected chi connectivity index (χ4v) is 3.98. The molecule has 0 bridgehead atoms. The van der Waals surface area contributed by atoms with E-state index in [0.717, 1.165) is 44.6 Å². The number of nitrogens with zero attached hydrogens (tertiary/aromatic N) is 2. The van der Waals surface area contributed by atoms with E-state index >= 15 is 0 Å². The molecular weight excluding hydrogens is 408 g/mol. The maximum atomic E-state index is 14.9. The summed E-state index contributed by atoms with van der Waals surface area (Å²) in [7, 11) is 1.61. The van der Waals surface area contributed by atoms with Gasteiger partial charge in [-0.3, -0.25) is 9.36 Å². The monoisotopic (exact) mass is 437 g/mol. The van der Waals surface area contributed by atoms with Crippen LogP contribution in [0.3, 0.4) is 0 Å². The number of benzene rings is 1. The number of fused-ring (bicyclic) bond motifs is 1. The third-order valence-electron chi connectivity index (χ3n) is 5.84. The Balaban J connectivity index is 1.37. The average molecular weight is 437 g/mol. The number of nitrogens with two attached hydrogens (primary N) is 1. The molecule has 1 amide bonds. The fourth-order valence-electron chi connectivity index (χ4n) is 3.98. The number of carbonyl (C=O) groups excluding carboxylic acids is 1. The third-order valence-corrected chi connectivity index (χ3v) is 5.84. The lowest BCUT2D eigenvalue weighted by Gasteiger charge is -2.29. The lowest BCUT2D eigenvalue weighted by molar-refractivity contribution is -0.119. The summed E-state index contributed by atoms with van der Waals surface area (Å²) in [6.45, 7) is 2.43. The van der Waals surface area contributed by atoms with E-state index in [2.05, 4.69) is 4.98 Å². The summed E-state index contributed by atoms with van der Waals surface area (Å²) in [5.74, 6) is -1.56. The predicted octanol–water partition coefficient (Wildman–Crippen LogP) is 3.61. The molecule has 2 saturated carbocycles. The molecule has 7 nitrogen and oxygen atoms in total. The molecule has 0 unspecified atom stereocenters. The van der Waals surface area contributed by atoms with Gasteiger partial charge in [0.1, 0.15) is 17.1 Å². The van der Waals surface area contributed by atoms with Crippen LogP contribution in [0.2, 0.25) is 0 Å². The van der Waals surface area contributed by atoms with Gasteiger partial charge in [0.25, 0.3) is 6.01 Å². The van der Waals surface area contributed by atoms with Crippen molar-refractivity contribution in [1.29, 1.82) is 0 Å². The molecule has 2 N–H and O–H groups in total. The molecule has 2 fully saturated rings. The molecule has 2 aliphatic carbocycles. The second-order valence-electron chi connectivity index (χ2n) is 8.76. The van der Waals surface area contributed by atoms with E-state index in [1.807, 2.05) is 6.92 Å². The number of hydrogen-bond donors (Lipinski definition) is 1. The van der Waals surface area contributed by atoms with Gasteiger partial charge in [0.2, 0.25) is 5.91 Å². The summed E-state index contributed by atoms with van der Waals surface area (Å²) < 4.78 is 48.3. The van der Waals surface area contributed by atoms with Crippen LogP contribution in [0.25, 0.3) is 11.0 Å². The third kappa shape index (κ3) is 5.08. The van der Waals surface area contributed by atoms with Crippen LogP contribution in [0.1, 0.15) is 51.9 Å². The molecule has 2 aliphatic rings. The molecule has 1 aromatic carbocycles. The normalized spacial score (nSPS) is 22.5. The SMILES string of the molecule is C[C@@H](COC1CCC(Oc2nc3c(F)cc(OC4CC4)c(F)c3n2C)CC1)CC(N)=O. The van der Waals surface area contributed by atoms with Gasteiger partial charge < -0.3 is 19.9 Å². The van der Waals surface area contributed by atoms with Gasteiger partial charge in [0.05, 0.1) is 12.2 Å². The smallest absolute Gasteiger partial charge is 0.297 e. The van der Waals surface area contributed by atoms with Gasteiger partial charge in [-0.25, -0.2) is 8.78 Å². The highest BCUT2D eigenvalue weighted by Crippen LogP contribution is 2.35. The molecule has 0 radical (unpaired) electrons. The topological polar surface area (TPSA) is 88.6 Å². The van der Waals surface area contributed by atoms with Crippen molar-refractivity contribution < 1.29 is 27.8 Å². The number of rotatable bonds is 9. The molecule has 0 spiro atoms. The Morgan fingerprint density at radius 2 is 1.77 bits per heavy atom. The van der Waals surface area contributed by atoms with Crippen molar-refractivity contribution in [2.45, 2.75) is 70.2 Å². The van der Waals surface area contributed by atoms with Crippen molar-refractivity contribution in [3.05, 3.63) is 17.7 Å². The number of aromatic nitrogens is 2. The molecule has 1 heterocycles. The lowest BCUT2D eigenvalue weighted by Crippen LogP contribution is -2.30. The number of halogens is 2. The lowest BCUT2D eigenvalue weighted by atomic mass is 9.95. The molecule has 170 valence electrons. The van der Waals surface area contributed by atoms with E-state index in [4.69, 9.17) is 19.9 Å². The first kappa shape index (κ1) is 21.8. The molecular formula is C22H29F2N3O4. The number of carbonyl (C=O) groups is 1. The minimum atomic E-state index is -0.625. The zero-order chi connectivity index (χ0) is 22.1. The summed E-state index contributed by atoms with van der Waals surface area (Å²) in [6.07, 6.45) is 5.10. The van der Waals surface area contributed by atoms with Crippen LogP contribution in [0, 0.1) is 17.6 Å². The van der Waals surface area contributed by atoms with Crippen molar-refractivity contribution in [3.8, 4) is 11.8 Å². The number of primary amides is 1. The molecule has 2 aromatic rings.